The van der Waals surface area contributed by atoms with Crippen LogP contribution in [-0.2, 0) is 31.3 Å². The molecule has 0 aliphatic rings. The van der Waals surface area contributed by atoms with Crippen molar-refractivity contribution < 1.29 is 40.7 Å². The van der Waals surface area contributed by atoms with Crippen LogP contribution in [0.4, 0.5) is 5.69 Å². The second-order valence-electron chi connectivity index (χ2n) is 7.65. The Kier molecular flexibility index (Phi) is 6.76. The number of ether oxygens (including phenoxy) is 1. The smallest absolute Gasteiger partial charge is 0.341 e. The second-order valence-corrected chi connectivity index (χ2v) is 11.5. The maximum Gasteiger partial charge on any atom is 0.341 e. The molecule has 0 spiro atoms. The molecule has 10 nitrogen and oxygen atoms in total. The number of ketones is 1. The number of hydrogen-bond donors (Lipinski definition) is 1. The second kappa shape index (κ2) is 9.11. The third-order valence-electron chi connectivity index (χ3n) is 4.90. The molecule has 0 amide bonds. The largest absolute Gasteiger partial charge is 0.482 e. The number of benzene rings is 2. The molecule has 1 heterocycles. The van der Waals surface area contributed by atoms with Gasteiger partial charge in [-0.15, -0.1) is 0 Å². The molecule has 0 aliphatic heterocycles. The highest BCUT2D eigenvalue weighted by atomic mass is 32.3. The Bertz CT molecular complexity index is 1470. The summed E-state index contributed by atoms with van der Waals surface area (Å²) in [6.45, 7) is 2.95. The lowest BCUT2D eigenvalue weighted by molar-refractivity contribution is -0.139. The van der Waals surface area contributed by atoms with E-state index in [9.17, 15) is 26.4 Å². The number of rotatable bonds is 9. The third kappa shape index (κ3) is 5.07. The zero-order valence-electron chi connectivity index (χ0n) is 18.9. The van der Waals surface area contributed by atoms with Gasteiger partial charge in [-0.2, -0.15) is 3.71 Å². The zero-order chi connectivity index (χ0) is 25.4. The number of aryl methyl sites for hydroxylation is 2. The third-order valence-corrected chi connectivity index (χ3v) is 8.15. The summed E-state index contributed by atoms with van der Waals surface area (Å²) < 4.78 is 59.7. The van der Waals surface area contributed by atoms with Crippen molar-refractivity contribution in [3.63, 3.8) is 0 Å². The first-order valence-electron chi connectivity index (χ1n) is 10.00. The SMILES string of the molecule is CCc1oc2cc(N(S(C)(=O)=O)S(C)(=O)=O)ccc2c1C(=O)c1ccc(OCC(=O)O)c(C)c1. The van der Waals surface area contributed by atoms with Gasteiger partial charge in [-0.25, -0.2) is 21.6 Å². The summed E-state index contributed by atoms with van der Waals surface area (Å²) >= 11 is 0. The maximum atomic E-state index is 13.4. The van der Waals surface area contributed by atoms with Crippen LogP contribution < -0.4 is 8.45 Å². The molecule has 3 rings (SSSR count). The molecule has 34 heavy (non-hydrogen) atoms. The number of furan rings is 1. The van der Waals surface area contributed by atoms with Gasteiger partial charge in [0, 0.05) is 23.4 Å². The van der Waals surface area contributed by atoms with Gasteiger partial charge in [0.1, 0.15) is 17.1 Å². The Balaban J connectivity index is 2.09. The molecule has 1 N–H and O–H groups in total. The van der Waals surface area contributed by atoms with Crippen LogP contribution in [0.1, 0.15) is 34.2 Å². The molecule has 2 aromatic carbocycles. The summed E-state index contributed by atoms with van der Waals surface area (Å²) in [5, 5.41) is 9.17. The van der Waals surface area contributed by atoms with Crippen molar-refractivity contribution >= 4 is 48.5 Å². The van der Waals surface area contributed by atoms with Crippen molar-refractivity contribution in [3.05, 3.63) is 58.8 Å². The van der Waals surface area contributed by atoms with Gasteiger partial charge in [0.2, 0.25) is 20.0 Å². The molecule has 12 heteroatoms. The normalized spacial score (nSPS) is 12.0. The fraction of sp³-hybridized carbons (Fsp3) is 0.273. The van der Waals surface area contributed by atoms with Crippen LogP contribution in [0.5, 0.6) is 5.75 Å². The fourth-order valence-corrected chi connectivity index (χ4v) is 6.57. The van der Waals surface area contributed by atoms with E-state index in [4.69, 9.17) is 14.3 Å². The molecule has 0 atom stereocenters. The van der Waals surface area contributed by atoms with Gasteiger partial charge in [0.05, 0.1) is 23.8 Å². The number of fused-ring (bicyclic) bond motifs is 1. The number of carbonyl (C=O) groups is 2. The van der Waals surface area contributed by atoms with Crippen molar-refractivity contribution in [2.45, 2.75) is 20.3 Å². The topological polar surface area (TPSA) is 148 Å². The summed E-state index contributed by atoms with van der Waals surface area (Å²) in [4.78, 5) is 24.1. The summed E-state index contributed by atoms with van der Waals surface area (Å²) in [5.41, 5.74) is 1.18. The maximum absolute atomic E-state index is 13.4. The Morgan fingerprint density at radius 3 is 2.21 bits per heavy atom. The highest BCUT2D eigenvalue weighted by Crippen LogP contribution is 2.33. The van der Waals surface area contributed by atoms with Crippen LogP contribution in [0.2, 0.25) is 0 Å². The molecular weight excluding hydrogens is 486 g/mol. The summed E-state index contributed by atoms with van der Waals surface area (Å²) in [7, 11) is -8.29. The molecule has 0 unspecified atom stereocenters. The predicted molar refractivity (Wildman–Crippen MR) is 126 cm³/mol. The molecule has 1 aromatic heterocycles. The number of carbonyl (C=O) groups excluding carboxylic acids is 1. The Hall–Kier alpha value is -3.38. The summed E-state index contributed by atoms with van der Waals surface area (Å²) in [5.74, 6) is -0.801. The van der Waals surface area contributed by atoms with Crippen molar-refractivity contribution in [3.8, 4) is 5.75 Å². The lowest BCUT2D eigenvalue weighted by Gasteiger charge is -2.19. The van der Waals surface area contributed by atoms with E-state index in [2.05, 4.69) is 0 Å². The molecule has 0 aliphatic carbocycles. The quantitative estimate of drug-likeness (QED) is 0.430. The standard InChI is InChI=1S/C22H23NO9S2/c1-5-17-21(22(26)14-6-9-18(13(2)10-14)31-12-20(24)25)16-8-7-15(11-19(16)32-17)23(33(3,27)28)34(4,29)30/h6-11H,5,12H2,1-4H3,(H,24,25). The lowest BCUT2D eigenvalue weighted by Crippen LogP contribution is -2.35. The van der Waals surface area contributed by atoms with E-state index in [1.54, 1.807) is 19.9 Å². The minimum absolute atomic E-state index is 0.135. The number of aliphatic carboxylic acids is 1. The minimum atomic E-state index is -4.14. The molecule has 3 aromatic rings. The van der Waals surface area contributed by atoms with Gasteiger partial charge in [-0.1, -0.05) is 6.92 Å². The number of carboxylic acid groups (broad SMARTS) is 1. The molecule has 0 saturated heterocycles. The van der Waals surface area contributed by atoms with Gasteiger partial charge in [-0.3, -0.25) is 4.79 Å². The van der Waals surface area contributed by atoms with Crippen LogP contribution >= 0.6 is 0 Å². The van der Waals surface area contributed by atoms with Crippen molar-refractivity contribution in [2.24, 2.45) is 0 Å². The van der Waals surface area contributed by atoms with E-state index in [0.717, 1.165) is 12.5 Å². The predicted octanol–water partition coefficient (Wildman–Crippen LogP) is 2.72. The van der Waals surface area contributed by atoms with Gasteiger partial charge in [-0.05, 0) is 42.8 Å². The molecule has 0 bridgehead atoms. The van der Waals surface area contributed by atoms with E-state index in [0.29, 0.717) is 38.2 Å². The first kappa shape index (κ1) is 25.2. The van der Waals surface area contributed by atoms with Crippen LogP contribution in [0, 0.1) is 6.92 Å². The highest BCUT2D eigenvalue weighted by molar-refractivity contribution is 8.09. The van der Waals surface area contributed by atoms with Gasteiger partial charge in [0.25, 0.3) is 0 Å². The number of hydrogen-bond acceptors (Lipinski definition) is 8. The summed E-state index contributed by atoms with van der Waals surface area (Å²) in [6, 6.07) is 8.59. The molecule has 0 radical (unpaired) electrons. The first-order valence-corrected chi connectivity index (χ1v) is 13.7. The monoisotopic (exact) mass is 509 g/mol. The fourth-order valence-electron chi connectivity index (χ4n) is 3.61. The minimum Gasteiger partial charge on any atom is -0.482 e. The van der Waals surface area contributed by atoms with E-state index in [1.807, 2.05) is 0 Å². The average Bonchev–Trinajstić information content (AvgIpc) is 3.07. The number of nitrogens with zero attached hydrogens (tertiary/aromatic N) is 1. The van der Waals surface area contributed by atoms with E-state index in [1.165, 1.54) is 30.3 Å². The van der Waals surface area contributed by atoms with Crippen molar-refractivity contribution in [1.29, 1.82) is 0 Å². The van der Waals surface area contributed by atoms with Gasteiger partial charge >= 0.3 is 5.97 Å². The van der Waals surface area contributed by atoms with Crippen molar-refractivity contribution in [1.82, 2.24) is 0 Å². The first-order chi connectivity index (χ1) is 15.7. The van der Waals surface area contributed by atoms with Gasteiger partial charge < -0.3 is 14.3 Å². The van der Waals surface area contributed by atoms with E-state index in [-0.39, 0.29) is 22.6 Å². The van der Waals surface area contributed by atoms with Crippen LogP contribution in [0.3, 0.4) is 0 Å². The number of anilines is 1. The molecule has 0 saturated carbocycles. The van der Waals surface area contributed by atoms with E-state index < -0.39 is 32.6 Å². The highest BCUT2D eigenvalue weighted by Gasteiger charge is 2.29. The molecular formula is C22H23NO9S2. The lowest BCUT2D eigenvalue weighted by atomic mass is 9.98. The van der Waals surface area contributed by atoms with Gasteiger partial charge in [0.15, 0.2) is 12.4 Å². The molecule has 0 fully saturated rings. The van der Waals surface area contributed by atoms with Crippen LogP contribution in [-0.4, -0.2) is 52.8 Å². The number of sulfonamides is 2. The molecule has 182 valence electrons. The van der Waals surface area contributed by atoms with E-state index >= 15 is 0 Å². The Morgan fingerprint density at radius 2 is 1.68 bits per heavy atom. The average molecular weight is 510 g/mol. The van der Waals surface area contributed by atoms with Crippen molar-refractivity contribution in [2.75, 3.05) is 22.8 Å². The van der Waals surface area contributed by atoms with Crippen LogP contribution in [0.15, 0.2) is 40.8 Å². The Morgan fingerprint density at radius 1 is 1.03 bits per heavy atom. The number of carboxylic acids is 1. The zero-order valence-corrected chi connectivity index (χ0v) is 20.5. The Labute approximate surface area is 196 Å². The van der Waals surface area contributed by atoms with Crippen LogP contribution in [0.25, 0.3) is 11.0 Å². The summed E-state index contributed by atoms with van der Waals surface area (Å²) in [6.07, 6.45) is 1.91.